The summed E-state index contributed by atoms with van der Waals surface area (Å²) in [5, 5.41) is 0. The summed E-state index contributed by atoms with van der Waals surface area (Å²) in [6.07, 6.45) is 1.61. The molecule has 25 heavy (non-hydrogen) atoms. The number of rotatable bonds is 4. The first-order valence-corrected chi connectivity index (χ1v) is 8.52. The van der Waals surface area contributed by atoms with Crippen LogP contribution in [0.5, 0.6) is 5.88 Å². The van der Waals surface area contributed by atoms with E-state index in [-0.39, 0.29) is 5.91 Å². The molecule has 2 heterocycles. The fourth-order valence-electron chi connectivity index (χ4n) is 3.45. The van der Waals surface area contributed by atoms with Crippen molar-refractivity contribution in [1.82, 2.24) is 14.8 Å². The first kappa shape index (κ1) is 17.4. The molecule has 0 spiro atoms. The first-order valence-electron chi connectivity index (χ1n) is 8.52. The van der Waals surface area contributed by atoms with Gasteiger partial charge in [0.1, 0.15) is 0 Å². The van der Waals surface area contributed by atoms with Gasteiger partial charge in [0.15, 0.2) is 0 Å². The third-order valence-corrected chi connectivity index (χ3v) is 4.94. The Labute approximate surface area is 149 Å². The van der Waals surface area contributed by atoms with Gasteiger partial charge in [0.05, 0.1) is 7.11 Å². The van der Waals surface area contributed by atoms with Crippen LogP contribution < -0.4 is 4.74 Å². The molecule has 3 rings (SSSR count). The highest BCUT2D eigenvalue weighted by Crippen LogP contribution is 2.31. The van der Waals surface area contributed by atoms with Crippen LogP contribution in [0.4, 0.5) is 0 Å². The monoisotopic (exact) mass is 339 g/mol. The number of aromatic nitrogens is 1. The van der Waals surface area contributed by atoms with Gasteiger partial charge in [-0.1, -0.05) is 29.8 Å². The van der Waals surface area contributed by atoms with Crippen molar-refractivity contribution in [3.8, 4) is 5.88 Å². The second kappa shape index (κ2) is 7.23. The summed E-state index contributed by atoms with van der Waals surface area (Å²) in [7, 11) is 5.71. The van der Waals surface area contributed by atoms with Gasteiger partial charge in [-0.25, -0.2) is 4.98 Å². The number of likely N-dealkylation sites (N-methyl/N-ethyl adjacent to an activating group) is 1. The largest absolute Gasteiger partial charge is 0.481 e. The molecular formula is C20H25N3O2. The number of benzene rings is 1. The van der Waals surface area contributed by atoms with E-state index in [1.54, 1.807) is 25.4 Å². The summed E-state index contributed by atoms with van der Waals surface area (Å²) in [6.45, 7) is 3.53. The standard InChI is InChI=1S/C20H25N3O2/c1-14-5-7-15(8-6-14)17-12-23(13-18(17)22(2)3)20(24)16-9-10-21-19(11-16)25-4/h5-11,17-18H,12-13H2,1-4H3/t17-,18+/m1/s1. The molecule has 0 aliphatic carbocycles. The normalized spacial score (nSPS) is 20.1. The molecule has 2 atom stereocenters. The van der Waals surface area contributed by atoms with Crippen LogP contribution in [-0.4, -0.2) is 61.0 Å². The molecule has 1 aromatic carbocycles. The number of pyridine rings is 1. The summed E-state index contributed by atoms with van der Waals surface area (Å²) in [4.78, 5) is 21.2. The molecule has 1 aliphatic rings. The predicted octanol–water partition coefficient (Wildman–Crippen LogP) is 2.57. The SMILES string of the molecule is COc1cc(C(=O)N2C[C@H](c3ccc(C)cc3)[C@@H](N(C)C)C2)ccn1. The van der Waals surface area contributed by atoms with E-state index >= 15 is 0 Å². The van der Waals surface area contributed by atoms with Crippen LogP contribution in [-0.2, 0) is 0 Å². The van der Waals surface area contributed by atoms with Gasteiger partial charge >= 0.3 is 0 Å². The Bertz CT molecular complexity index is 743. The minimum atomic E-state index is 0.0298. The summed E-state index contributed by atoms with van der Waals surface area (Å²) >= 11 is 0. The lowest BCUT2D eigenvalue weighted by molar-refractivity contribution is 0.0782. The minimum Gasteiger partial charge on any atom is -0.481 e. The first-order chi connectivity index (χ1) is 12.0. The van der Waals surface area contributed by atoms with Crippen LogP contribution in [0.15, 0.2) is 42.6 Å². The Kier molecular flexibility index (Phi) is 5.04. The summed E-state index contributed by atoms with van der Waals surface area (Å²) in [5.74, 6) is 0.801. The van der Waals surface area contributed by atoms with E-state index in [0.717, 1.165) is 13.1 Å². The summed E-state index contributed by atoms with van der Waals surface area (Å²) in [6, 6.07) is 12.4. The van der Waals surface area contributed by atoms with Gasteiger partial charge < -0.3 is 14.5 Å². The Balaban J connectivity index is 1.84. The number of nitrogens with zero attached hydrogens (tertiary/aromatic N) is 3. The van der Waals surface area contributed by atoms with Gasteiger partial charge in [0.2, 0.25) is 5.88 Å². The third-order valence-electron chi connectivity index (χ3n) is 4.94. The maximum atomic E-state index is 12.9. The molecule has 1 aliphatic heterocycles. The zero-order valence-electron chi connectivity index (χ0n) is 15.3. The van der Waals surface area contributed by atoms with Gasteiger partial charge in [-0.05, 0) is 32.6 Å². The van der Waals surface area contributed by atoms with Crippen LogP contribution in [0.25, 0.3) is 0 Å². The summed E-state index contributed by atoms with van der Waals surface area (Å²) < 4.78 is 5.14. The second-order valence-electron chi connectivity index (χ2n) is 6.85. The lowest BCUT2D eigenvalue weighted by atomic mass is 9.93. The van der Waals surface area contributed by atoms with Gasteiger partial charge in [-0.15, -0.1) is 0 Å². The average molecular weight is 339 g/mol. The molecule has 132 valence electrons. The summed E-state index contributed by atoms with van der Waals surface area (Å²) in [5.41, 5.74) is 3.15. The quantitative estimate of drug-likeness (QED) is 0.859. The van der Waals surface area contributed by atoms with Crippen LogP contribution in [0.1, 0.15) is 27.4 Å². The highest BCUT2D eigenvalue weighted by atomic mass is 16.5. The Morgan fingerprint density at radius 1 is 1.20 bits per heavy atom. The molecule has 1 saturated heterocycles. The van der Waals surface area contributed by atoms with E-state index in [1.165, 1.54) is 11.1 Å². The van der Waals surface area contributed by atoms with Crippen molar-refractivity contribution < 1.29 is 9.53 Å². The third kappa shape index (κ3) is 3.66. The van der Waals surface area contributed by atoms with Crippen molar-refractivity contribution in [2.45, 2.75) is 18.9 Å². The fraction of sp³-hybridized carbons (Fsp3) is 0.400. The smallest absolute Gasteiger partial charge is 0.254 e. The molecule has 0 bridgehead atoms. The number of likely N-dealkylation sites (tertiary alicyclic amines) is 1. The molecule has 1 amide bonds. The topological polar surface area (TPSA) is 45.7 Å². The zero-order valence-corrected chi connectivity index (χ0v) is 15.3. The Morgan fingerprint density at radius 2 is 1.92 bits per heavy atom. The molecule has 5 nitrogen and oxygen atoms in total. The van der Waals surface area contributed by atoms with Crippen molar-refractivity contribution in [2.24, 2.45) is 0 Å². The number of aryl methyl sites for hydroxylation is 1. The minimum absolute atomic E-state index is 0.0298. The van der Waals surface area contributed by atoms with Crippen LogP contribution in [0, 0.1) is 6.92 Å². The van der Waals surface area contributed by atoms with Crippen molar-refractivity contribution in [2.75, 3.05) is 34.3 Å². The predicted molar refractivity (Wildman–Crippen MR) is 98.1 cm³/mol. The average Bonchev–Trinajstić information content (AvgIpc) is 3.07. The van der Waals surface area contributed by atoms with Gasteiger partial charge in [0.25, 0.3) is 5.91 Å². The maximum Gasteiger partial charge on any atom is 0.254 e. The number of ether oxygens (including phenoxy) is 1. The number of hydrogen-bond acceptors (Lipinski definition) is 4. The fourth-order valence-corrected chi connectivity index (χ4v) is 3.45. The van der Waals surface area contributed by atoms with Crippen LogP contribution in [0.2, 0.25) is 0 Å². The molecule has 0 unspecified atom stereocenters. The zero-order chi connectivity index (χ0) is 18.0. The highest BCUT2D eigenvalue weighted by molar-refractivity contribution is 5.94. The van der Waals surface area contributed by atoms with E-state index in [1.807, 2.05) is 4.90 Å². The second-order valence-corrected chi connectivity index (χ2v) is 6.85. The molecule has 2 aromatic rings. The number of carbonyl (C=O) groups excluding carboxylic acids is 1. The molecule has 5 heteroatoms. The van der Waals surface area contributed by atoms with E-state index in [4.69, 9.17) is 4.74 Å². The Hall–Kier alpha value is -2.40. The maximum absolute atomic E-state index is 12.9. The van der Waals surface area contributed by atoms with Crippen molar-refractivity contribution in [3.63, 3.8) is 0 Å². The number of hydrogen-bond donors (Lipinski definition) is 0. The van der Waals surface area contributed by atoms with E-state index < -0.39 is 0 Å². The number of methoxy groups -OCH3 is 1. The Morgan fingerprint density at radius 3 is 2.56 bits per heavy atom. The van der Waals surface area contributed by atoms with Gasteiger partial charge in [0, 0.05) is 42.9 Å². The highest BCUT2D eigenvalue weighted by Gasteiger charge is 2.37. The van der Waals surface area contributed by atoms with E-state index in [2.05, 4.69) is 55.2 Å². The molecular weight excluding hydrogens is 314 g/mol. The van der Waals surface area contributed by atoms with Gasteiger partial charge in [-0.3, -0.25) is 4.79 Å². The molecule has 1 fully saturated rings. The lowest BCUT2D eigenvalue weighted by Gasteiger charge is -2.25. The molecule has 0 saturated carbocycles. The van der Waals surface area contributed by atoms with E-state index in [0.29, 0.717) is 23.4 Å². The number of carbonyl (C=O) groups is 1. The number of amides is 1. The van der Waals surface area contributed by atoms with Crippen molar-refractivity contribution in [1.29, 1.82) is 0 Å². The van der Waals surface area contributed by atoms with E-state index in [9.17, 15) is 4.79 Å². The van der Waals surface area contributed by atoms with Crippen molar-refractivity contribution in [3.05, 3.63) is 59.3 Å². The van der Waals surface area contributed by atoms with Crippen LogP contribution in [0.3, 0.4) is 0 Å². The van der Waals surface area contributed by atoms with Crippen LogP contribution >= 0.6 is 0 Å². The molecule has 1 aromatic heterocycles. The molecule has 0 radical (unpaired) electrons. The van der Waals surface area contributed by atoms with Crippen molar-refractivity contribution >= 4 is 5.91 Å². The van der Waals surface area contributed by atoms with Gasteiger partial charge in [-0.2, -0.15) is 0 Å². The molecule has 0 N–H and O–H groups in total. The lowest BCUT2D eigenvalue weighted by Crippen LogP contribution is -2.35.